The number of hydrogen-bond donors (Lipinski definition) is 0. The zero-order chi connectivity index (χ0) is 14.0. The molecular weight excluding hydrogens is 246 g/mol. The van der Waals surface area contributed by atoms with Gasteiger partial charge in [0.25, 0.3) is 0 Å². The van der Waals surface area contributed by atoms with Gasteiger partial charge >= 0.3 is 0 Å². The summed E-state index contributed by atoms with van der Waals surface area (Å²) in [5.74, 6) is -1.62. The van der Waals surface area contributed by atoms with E-state index >= 15 is 0 Å². The van der Waals surface area contributed by atoms with E-state index in [9.17, 15) is 13.6 Å². The van der Waals surface area contributed by atoms with Crippen molar-refractivity contribution >= 4 is 5.78 Å². The van der Waals surface area contributed by atoms with Gasteiger partial charge in [-0.1, -0.05) is 30.3 Å². The van der Waals surface area contributed by atoms with Gasteiger partial charge in [-0.3, -0.25) is 4.79 Å². The van der Waals surface area contributed by atoms with Gasteiger partial charge in [-0.05, 0) is 37.1 Å². The fraction of sp³-hybridized carbons (Fsp3) is 0.188. The molecule has 1 atom stereocenters. The summed E-state index contributed by atoms with van der Waals surface area (Å²) in [5, 5.41) is 0. The Labute approximate surface area is 110 Å². The molecule has 0 aromatic heterocycles. The maximum absolute atomic E-state index is 13.8. The molecule has 3 heteroatoms. The molecule has 1 unspecified atom stereocenters. The van der Waals surface area contributed by atoms with Crippen LogP contribution in [0.4, 0.5) is 8.78 Å². The molecular formula is C16H14F2O. The van der Waals surface area contributed by atoms with Crippen LogP contribution in [0.15, 0.2) is 42.5 Å². The molecule has 19 heavy (non-hydrogen) atoms. The molecule has 0 aliphatic carbocycles. The lowest BCUT2D eigenvalue weighted by molar-refractivity contribution is -0.117. The van der Waals surface area contributed by atoms with Crippen molar-refractivity contribution in [2.45, 2.75) is 19.8 Å². The van der Waals surface area contributed by atoms with Crippen molar-refractivity contribution in [3.05, 3.63) is 70.8 Å². The first-order chi connectivity index (χ1) is 9.00. The molecule has 0 N–H and O–H groups in total. The van der Waals surface area contributed by atoms with Crippen LogP contribution in [0.3, 0.4) is 0 Å². The second-order valence-corrected chi connectivity index (χ2v) is 4.57. The fourth-order valence-corrected chi connectivity index (χ4v) is 2.19. The van der Waals surface area contributed by atoms with Crippen molar-refractivity contribution < 1.29 is 13.6 Å². The minimum atomic E-state index is -0.694. The highest BCUT2D eigenvalue weighted by Crippen LogP contribution is 2.28. The van der Waals surface area contributed by atoms with Crippen LogP contribution in [0.1, 0.15) is 29.5 Å². The lowest BCUT2D eigenvalue weighted by Crippen LogP contribution is -2.12. The summed E-state index contributed by atoms with van der Waals surface area (Å²) in [6.07, 6.45) is 0. The van der Waals surface area contributed by atoms with E-state index in [0.29, 0.717) is 16.7 Å². The average molecular weight is 260 g/mol. The van der Waals surface area contributed by atoms with Gasteiger partial charge in [0.05, 0.1) is 5.92 Å². The van der Waals surface area contributed by atoms with Crippen molar-refractivity contribution in [1.29, 1.82) is 0 Å². The normalized spacial score (nSPS) is 12.2. The van der Waals surface area contributed by atoms with E-state index in [1.807, 2.05) is 0 Å². The lowest BCUT2D eigenvalue weighted by Gasteiger charge is -2.16. The maximum Gasteiger partial charge on any atom is 0.141 e. The van der Waals surface area contributed by atoms with Crippen molar-refractivity contribution in [3.63, 3.8) is 0 Å². The van der Waals surface area contributed by atoms with Crippen LogP contribution in [0, 0.1) is 18.6 Å². The standard InChI is InChI=1S/C16H14F2O/c1-10-9-12(7-8-14(10)17)16(11(2)19)13-5-3-4-6-15(13)18/h3-9,16H,1-2H3. The maximum atomic E-state index is 13.8. The van der Waals surface area contributed by atoms with E-state index in [-0.39, 0.29) is 11.6 Å². The van der Waals surface area contributed by atoms with E-state index in [1.165, 1.54) is 25.1 Å². The Morgan fingerprint density at radius 1 is 1.05 bits per heavy atom. The summed E-state index contributed by atoms with van der Waals surface area (Å²) in [4.78, 5) is 11.8. The molecule has 0 saturated heterocycles. The monoisotopic (exact) mass is 260 g/mol. The Kier molecular flexibility index (Phi) is 3.74. The summed E-state index contributed by atoms with van der Waals surface area (Å²) in [7, 11) is 0. The molecule has 0 heterocycles. The van der Waals surface area contributed by atoms with Gasteiger partial charge in [0, 0.05) is 5.56 Å². The van der Waals surface area contributed by atoms with Crippen LogP contribution in [0.2, 0.25) is 0 Å². The van der Waals surface area contributed by atoms with Crippen LogP contribution in [-0.4, -0.2) is 5.78 Å². The summed E-state index contributed by atoms with van der Waals surface area (Å²) >= 11 is 0. The van der Waals surface area contributed by atoms with Crippen molar-refractivity contribution in [1.82, 2.24) is 0 Å². The molecule has 0 bridgehead atoms. The average Bonchev–Trinajstić information content (AvgIpc) is 2.36. The Hall–Kier alpha value is -2.03. The van der Waals surface area contributed by atoms with Crippen LogP contribution in [-0.2, 0) is 4.79 Å². The summed E-state index contributed by atoms with van der Waals surface area (Å²) in [6, 6.07) is 10.6. The second kappa shape index (κ2) is 5.31. The Morgan fingerprint density at radius 2 is 1.74 bits per heavy atom. The number of Topliss-reactive ketones (excluding diaryl/α,β-unsaturated/α-hetero) is 1. The molecule has 2 aromatic rings. The Balaban J connectivity index is 2.55. The van der Waals surface area contributed by atoms with E-state index in [1.54, 1.807) is 31.2 Å². The van der Waals surface area contributed by atoms with Crippen molar-refractivity contribution in [3.8, 4) is 0 Å². The van der Waals surface area contributed by atoms with Crippen LogP contribution >= 0.6 is 0 Å². The first-order valence-electron chi connectivity index (χ1n) is 6.01. The van der Waals surface area contributed by atoms with Gasteiger partial charge in [0.15, 0.2) is 0 Å². The van der Waals surface area contributed by atoms with Gasteiger partial charge in [-0.25, -0.2) is 8.78 Å². The molecule has 0 aliphatic heterocycles. The third-order valence-corrected chi connectivity index (χ3v) is 3.14. The molecule has 2 aromatic carbocycles. The quantitative estimate of drug-likeness (QED) is 0.815. The zero-order valence-corrected chi connectivity index (χ0v) is 10.8. The predicted octanol–water partition coefficient (Wildman–Crippen LogP) is 3.99. The SMILES string of the molecule is CC(=O)C(c1ccc(F)c(C)c1)c1ccccc1F. The van der Waals surface area contributed by atoms with E-state index < -0.39 is 11.7 Å². The zero-order valence-electron chi connectivity index (χ0n) is 10.8. The highest BCUT2D eigenvalue weighted by Gasteiger charge is 2.22. The van der Waals surface area contributed by atoms with Gasteiger partial charge in [0.2, 0.25) is 0 Å². The molecule has 0 aliphatic rings. The first kappa shape index (κ1) is 13.4. The number of rotatable bonds is 3. The van der Waals surface area contributed by atoms with Crippen molar-refractivity contribution in [2.75, 3.05) is 0 Å². The molecule has 0 fully saturated rings. The summed E-state index contributed by atoms with van der Waals surface area (Å²) < 4.78 is 27.1. The number of ketones is 1. The number of halogens is 2. The highest BCUT2D eigenvalue weighted by atomic mass is 19.1. The van der Waals surface area contributed by atoms with Crippen molar-refractivity contribution in [2.24, 2.45) is 0 Å². The third kappa shape index (κ3) is 2.70. The van der Waals surface area contributed by atoms with Crippen LogP contribution in [0.25, 0.3) is 0 Å². The fourth-order valence-electron chi connectivity index (χ4n) is 2.19. The molecule has 2 rings (SSSR count). The minimum Gasteiger partial charge on any atom is -0.299 e. The second-order valence-electron chi connectivity index (χ2n) is 4.57. The van der Waals surface area contributed by atoms with Crippen LogP contribution < -0.4 is 0 Å². The Bertz CT molecular complexity index is 620. The molecule has 0 spiro atoms. The first-order valence-corrected chi connectivity index (χ1v) is 6.01. The van der Waals surface area contributed by atoms with E-state index in [4.69, 9.17) is 0 Å². The number of carbonyl (C=O) groups excluding carboxylic acids is 1. The molecule has 0 radical (unpaired) electrons. The summed E-state index contributed by atoms with van der Waals surface area (Å²) in [6.45, 7) is 3.03. The smallest absolute Gasteiger partial charge is 0.141 e. The van der Waals surface area contributed by atoms with Gasteiger partial charge in [0.1, 0.15) is 17.4 Å². The number of hydrogen-bond acceptors (Lipinski definition) is 1. The molecule has 98 valence electrons. The third-order valence-electron chi connectivity index (χ3n) is 3.14. The largest absolute Gasteiger partial charge is 0.299 e. The number of benzene rings is 2. The van der Waals surface area contributed by atoms with Crippen LogP contribution in [0.5, 0.6) is 0 Å². The number of aryl methyl sites for hydroxylation is 1. The molecule has 0 saturated carbocycles. The lowest BCUT2D eigenvalue weighted by atomic mass is 9.87. The highest BCUT2D eigenvalue weighted by molar-refractivity contribution is 5.87. The summed E-state index contributed by atoms with van der Waals surface area (Å²) in [5.41, 5.74) is 1.37. The topological polar surface area (TPSA) is 17.1 Å². The minimum absolute atomic E-state index is 0.170. The van der Waals surface area contributed by atoms with E-state index in [2.05, 4.69) is 0 Å². The predicted molar refractivity (Wildman–Crippen MR) is 70.1 cm³/mol. The number of carbonyl (C=O) groups is 1. The molecule has 1 nitrogen and oxygen atoms in total. The molecule has 0 amide bonds. The Morgan fingerprint density at radius 3 is 2.32 bits per heavy atom. The van der Waals surface area contributed by atoms with E-state index in [0.717, 1.165) is 0 Å². The van der Waals surface area contributed by atoms with Gasteiger partial charge in [-0.2, -0.15) is 0 Å². The van der Waals surface area contributed by atoms with Gasteiger partial charge < -0.3 is 0 Å². The van der Waals surface area contributed by atoms with Gasteiger partial charge in [-0.15, -0.1) is 0 Å².